The Morgan fingerprint density at radius 1 is 1.23 bits per heavy atom. The Kier molecular flexibility index (Phi) is 4.89. The van der Waals surface area contributed by atoms with Crippen molar-refractivity contribution < 1.29 is 22.7 Å². The molecule has 1 aromatic rings. The topological polar surface area (TPSA) is 85.0 Å². The summed E-state index contributed by atoms with van der Waals surface area (Å²) in [5.41, 5.74) is 0.993. The molecule has 0 amide bonds. The molecular formula is C15H21NO5S. The number of benzene rings is 1. The molecule has 7 heteroatoms. The average Bonchev–Trinajstić information content (AvgIpc) is 3.18. The van der Waals surface area contributed by atoms with Gasteiger partial charge in [-0.25, -0.2) is 13.1 Å². The highest BCUT2D eigenvalue weighted by molar-refractivity contribution is 7.89. The second-order valence-electron chi connectivity index (χ2n) is 5.60. The van der Waals surface area contributed by atoms with Gasteiger partial charge < -0.3 is 9.47 Å². The standard InChI is InChI=1S/C15H21NO5S/c1-9-5-7-13(8-6-9)22(18,19)16-10(2)14-15(21-14)11(3)20-12(4)17/h5-8,10-11,14-16H,1-4H3/t10-,11+,14-,15-/m1/s1. The molecule has 2 rings (SSSR count). The molecule has 0 radical (unpaired) electrons. The van der Waals surface area contributed by atoms with E-state index in [0.29, 0.717) is 0 Å². The Balaban J connectivity index is 1.96. The van der Waals surface area contributed by atoms with E-state index in [-0.39, 0.29) is 23.1 Å². The van der Waals surface area contributed by atoms with Gasteiger partial charge in [-0.2, -0.15) is 0 Å². The van der Waals surface area contributed by atoms with Crippen molar-refractivity contribution in [2.45, 2.75) is 56.9 Å². The van der Waals surface area contributed by atoms with E-state index in [9.17, 15) is 13.2 Å². The number of aryl methyl sites for hydroxylation is 1. The molecule has 1 saturated heterocycles. The fourth-order valence-electron chi connectivity index (χ4n) is 2.34. The fraction of sp³-hybridized carbons (Fsp3) is 0.533. The summed E-state index contributed by atoms with van der Waals surface area (Å²) in [6.07, 6.45) is -0.969. The lowest BCUT2D eigenvalue weighted by Gasteiger charge is -2.14. The summed E-state index contributed by atoms with van der Waals surface area (Å²) in [7, 11) is -3.59. The molecule has 122 valence electrons. The Morgan fingerprint density at radius 3 is 2.36 bits per heavy atom. The molecule has 1 aliphatic heterocycles. The lowest BCUT2D eigenvalue weighted by molar-refractivity contribution is -0.146. The van der Waals surface area contributed by atoms with Crippen molar-refractivity contribution in [3.8, 4) is 0 Å². The van der Waals surface area contributed by atoms with Crippen LogP contribution >= 0.6 is 0 Å². The first kappa shape index (κ1) is 16.9. The van der Waals surface area contributed by atoms with Crippen LogP contribution in [0.4, 0.5) is 0 Å². The van der Waals surface area contributed by atoms with Crippen LogP contribution in [0.5, 0.6) is 0 Å². The van der Waals surface area contributed by atoms with Gasteiger partial charge in [0.25, 0.3) is 0 Å². The monoisotopic (exact) mass is 327 g/mol. The predicted molar refractivity (Wildman–Crippen MR) is 80.9 cm³/mol. The molecule has 1 N–H and O–H groups in total. The van der Waals surface area contributed by atoms with E-state index >= 15 is 0 Å². The summed E-state index contributed by atoms with van der Waals surface area (Å²) in [4.78, 5) is 11.1. The Hall–Kier alpha value is -1.44. The van der Waals surface area contributed by atoms with Gasteiger partial charge in [-0.05, 0) is 32.9 Å². The second kappa shape index (κ2) is 6.36. The third-order valence-electron chi connectivity index (χ3n) is 3.54. The van der Waals surface area contributed by atoms with Crippen molar-refractivity contribution in [1.82, 2.24) is 4.72 Å². The normalized spacial score (nSPS) is 23.6. The summed E-state index contributed by atoms with van der Waals surface area (Å²) >= 11 is 0. The van der Waals surface area contributed by atoms with E-state index in [1.807, 2.05) is 6.92 Å². The smallest absolute Gasteiger partial charge is 0.302 e. The maximum absolute atomic E-state index is 12.3. The van der Waals surface area contributed by atoms with Crippen LogP contribution in [0.2, 0.25) is 0 Å². The van der Waals surface area contributed by atoms with Crippen LogP contribution in [-0.2, 0) is 24.3 Å². The van der Waals surface area contributed by atoms with Crippen molar-refractivity contribution in [1.29, 1.82) is 0 Å². The van der Waals surface area contributed by atoms with Crippen molar-refractivity contribution in [3.05, 3.63) is 29.8 Å². The molecule has 0 saturated carbocycles. The molecule has 1 aromatic carbocycles. The number of sulfonamides is 1. The minimum absolute atomic E-state index is 0.218. The van der Waals surface area contributed by atoms with Crippen LogP contribution in [0.15, 0.2) is 29.2 Å². The van der Waals surface area contributed by atoms with Crippen LogP contribution in [0, 0.1) is 6.92 Å². The number of hydrogen-bond donors (Lipinski definition) is 1. The Labute approximate surface area is 130 Å². The molecule has 0 aromatic heterocycles. The van der Waals surface area contributed by atoms with Crippen LogP contribution in [0.1, 0.15) is 26.3 Å². The van der Waals surface area contributed by atoms with E-state index in [1.54, 1.807) is 38.1 Å². The molecule has 4 atom stereocenters. The Morgan fingerprint density at radius 2 is 1.82 bits per heavy atom. The molecule has 6 nitrogen and oxygen atoms in total. The van der Waals surface area contributed by atoms with Gasteiger partial charge in [0.15, 0.2) is 0 Å². The highest BCUT2D eigenvalue weighted by Crippen LogP contribution is 2.30. The third-order valence-corrected chi connectivity index (χ3v) is 5.12. The minimum atomic E-state index is -3.59. The van der Waals surface area contributed by atoms with Crippen molar-refractivity contribution in [2.75, 3.05) is 0 Å². The zero-order chi connectivity index (χ0) is 16.5. The van der Waals surface area contributed by atoms with Gasteiger partial charge in [0, 0.05) is 13.0 Å². The highest BCUT2D eigenvalue weighted by atomic mass is 32.2. The maximum Gasteiger partial charge on any atom is 0.302 e. The summed E-state index contributed by atoms with van der Waals surface area (Å²) in [5.74, 6) is -0.380. The van der Waals surface area contributed by atoms with E-state index in [1.165, 1.54) is 6.92 Å². The molecule has 0 aliphatic carbocycles. The van der Waals surface area contributed by atoms with Gasteiger partial charge in [-0.15, -0.1) is 0 Å². The van der Waals surface area contributed by atoms with Crippen molar-refractivity contribution in [3.63, 3.8) is 0 Å². The molecule has 0 unspecified atom stereocenters. The summed E-state index contributed by atoms with van der Waals surface area (Å²) < 4.78 is 37.7. The quantitative estimate of drug-likeness (QED) is 0.630. The number of rotatable bonds is 6. The van der Waals surface area contributed by atoms with Gasteiger partial charge in [-0.1, -0.05) is 17.7 Å². The number of hydrogen-bond acceptors (Lipinski definition) is 5. The summed E-state index contributed by atoms with van der Waals surface area (Å²) in [5, 5.41) is 0. The second-order valence-corrected chi connectivity index (χ2v) is 7.32. The van der Waals surface area contributed by atoms with E-state index in [4.69, 9.17) is 9.47 Å². The van der Waals surface area contributed by atoms with E-state index in [2.05, 4.69) is 4.72 Å². The number of nitrogens with one attached hydrogen (secondary N) is 1. The number of esters is 1. The molecule has 1 heterocycles. The third kappa shape index (κ3) is 4.06. The van der Waals surface area contributed by atoms with Crippen LogP contribution in [-0.4, -0.2) is 38.7 Å². The van der Waals surface area contributed by atoms with Crippen LogP contribution in [0.3, 0.4) is 0 Å². The highest BCUT2D eigenvalue weighted by Gasteiger charge is 2.48. The van der Waals surface area contributed by atoms with E-state index < -0.39 is 22.2 Å². The summed E-state index contributed by atoms with van der Waals surface area (Å²) in [6, 6.07) is 6.22. The SMILES string of the molecule is CC(=O)O[C@@H](C)[C@H]1O[C@@H]1[C@@H](C)NS(=O)(=O)c1ccc(C)cc1. The first-order valence-electron chi connectivity index (χ1n) is 7.12. The van der Waals surface area contributed by atoms with Crippen LogP contribution in [0.25, 0.3) is 0 Å². The number of epoxide rings is 1. The largest absolute Gasteiger partial charge is 0.460 e. The zero-order valence-corrected chi connectivity index (χ0v) is 13.9. The fourth-order valence-corrected chi connectivity index (χ4v) is 3.60. The number of carbonyl (C=O) groups is 1. The van der Waals surface area contributed by atoms with Crippen LogP contribution < -0.4 is 4.72 Å². The minimum Gasteiger partial charge on any atom is -0.460 e. The van der Waals surface area contributed by atoms with Crippen molar-refractivity contribution in [2.24, 2.45) is 0 Å². The summed E-state index contributed by atoms with van der Waals surface area (Å²) in [6.45, 7) is 6.69. The molecular weight excluding hydrogens is 306 g/mol. The van der Waals surface area contributed by atoms with Gasteiger partial charge in [0.1, 0.15) is 18.3 Å². The Bertz CT molecular complexity index is 640. The molecule has 1 aliphatic rings. The number of ether oxygens (including phenoxy) is 2. The van der Waals surface area contributed by atoms with Gasteiger partial charge >= 0.3 is 5.97 Å². The van der Waals surface area contributed by atoms with Gasteiger partial charge in [0.05, 0.1) is 4.90 Å². The zero-order valence-electron chi connectivity index (χ0n) is 13.1. The molecule has 0 spiro atoms. The predicted octanol–water partition coefficient (Wildman–Crippen LogP) is 1.38. The van der Waals surface area contributed by atoms with Gasteiger partial charge in [0.2, 0.25) is 10.0 Å². The first-order valence-corrected chi connectivity index (χ1v) is 8.60. The van der Waals surface area contributed by atoms with E-state index in [0.717, 1.165) is 5.56 Å². The van der Waals surface area contributed by atoms with Gasteiger partial charge in [-0.3, -0.25) is 4.79 Å². The molecule has 1 fully saturated rings. The maximum atomic E-state index is 12.3. The molecule has 0 bridgehead atoms. The molecule has 22 heavy (non-hydrogen) atoms. The van der Waals surface area contributed by atoms with Crippen molar-refractivity contribution >= 4 is 16.0 Å². The lowest BCUT2D eigenvalue weighted by atomic mass is 10.1. The average molecular weight is 327 g/mol. The first-order chi connectivity index (χ1) is 10.2. The number of carbonyl (C=O) groups excluding carboxylic acids is 1. The lowest BCUT2D eigenvalue weighted by Crippen LogP contribution is -2.38.